The Kier molecular flexibility index (Phi) is 6.85. The molecule has 3 rings (SSSR count). The second-order valence-electron chi connectivity index (χ2n) is 6.69. The molecule has 1 heterocycles. The molecule has 1 amide bonds. The van der Waals surface area contributed by atoms with Crippen molar-refractivity contribution in [2.75, 3.05) is 41.3 Å². The number of rotatable bonds is 3. The fraction of sp³-hybridized carbons (Fsp3) is 0.263. The molecule has 0 saturated carbocycles. The lowest BCUT2D eigenvalue weighted by Gasteiger charge is -2.38. The predicted molar refractivity (Wildman–Crippen MR) is 112 cm³/mol. The molecule has 2 aromatic carbocycles. The van der Waals surface area contributed by atoms with Gasteiger partial charge in [0.1, 0.15) is 5.69 Å². The van der Waals surface area contributed by atoms with E-state index in [1.807, 2.05) is 4.90 Å². The lowest BCUT2D eigenvalue weighted by molar-refractivity contribution is -0.117. The summed E-state index contributed by atoms with van der Waals surface area (Å²) in [5, 5.41) is 5.67. The molecule has 31 heavy (non-hydrogen) atoms. The van der Waals surface area contributed by atoms with Gasteiger partial charge in [0, 0.05) is 38.8 Å². The Labute approximate surface area is 184 Å². The monoisotopic (exact) mass is 478 g/mol. The van der Waals surface area contributed by atoms with E-state index in [0.717, 1.165) is 4.90 Å². The molecular weight excluding hydrogens is 463 g/mol. The lowest BCUT2D eigenvalue weighted by Crippen LogP contribution is -2.47. The second-order valence-corrected chi connectivity index (χ2v) is 7.51. The minimum atomic E-state index is -2.18. The van der Waals surface area contributed by atoms with Crippen molar-refractivity contribution >= 4 is 51.9 Å². The quantitative estimate of drug-likeness (QED) is 0.300. The van der Waals surface area contributed by atoms with Gasteiger partial charge < -0.3 is 20.4 Å². The summed E-state index contributed by atoms with van der Waals surface area (Å²) in [6.45, 7) is 1.81. The molecule has 1 aliphatic rings. The first kappa shape index (κ1) is 23.0. The Morgan fingerprint density at radius 3 is 1.97 bits per heavy atom. The van der Waals surface area contributed by atoms with E-state index in [9.17, 15) is 26.7 Å². The van der Waals surface area contributed by atoms with Gasteiger partial charge >= 0.3 is 0 Å². The van der Waals surface area contributed by atoms with E-state index >= 15 is 0 Å². The summed E-state index contributed by atoms with van der Waals surface area (Å²) in [6, 6.07) is 4.95. The summed E-state index contributed by atoms with van der Waals surface area (Å²) in [5.41, 5.74) is 0.218. The van der Waals surface area contributed by atoms with Crippen LogP contribution in [0.15, 0.2) is 18.2 Å². The van der Waals surface area contributed by atoms with Gasteiger partial charge in [0.05, 0.1) is 10.7 Å². The number of carbonyl (C=O) groups is 1. The molecule has 1 aliphatic heterocycles. The summed E-state index contributed by atoms with van der Waals surface area (Å²) in [7, 11) is 0. The van der Waals surface area contributed by atoms with Crippen LogP contribution in [0, 0.1) is 29.1 Å². The molecule has 0 atom stereocenters. The molecule has 0 bridgehead atoms. The standard InChI is InChI=1S/C19H16ClF5N4OS/c1-9(30)26-19(31)27-10-2-3-12(11(20)8-10)28-4-6-29(7-5-28)18-16(24)14(22)13(21)15(23)17(18)25/h2-3,8H,4-7H2,1H3,(H2,26,27,30,31). The van der Waals surface area contributed by atoms with Crippen LogP contribution in [0.25, 0.3) is 0 Å². The summed E-state index contributed by atoms with van der Waals surface area (Å²) in [6.07, 6.45) is 0. The van der Waals surface area contributed by atoms with E-state index in [4.69, 9.17) is 23.8 Å². The normalized spacial score (nSPS) is 13.9. The molecule has 0 spiro atoms. The summed E-state index contributed by atoms with van der Waals surface area (Å²) < 4.78 is 68.4. The SMILES string of the molecule is CC(=O)NC(=S)Nc1ccc(N2CCN(c3c(F)c(F)c(F)c(F)c3F)CC2)c(Cl)c1. The summed E-state index contributed by atoms with van der Waals surface area (Å²) in [5.74, 6) is -10.2. The number of nitrogens with one attached hydrogen (secondary N) is 2. The van der Waals surface area contributed by atoms with Gasteiger partial charge in [0.25, 0.3) is 0 Å². The molecule has 5 nitrogen and oxygen atoms in total. The van der Waals surface area contributed by atoms with Crippen molar-refractivity contribution in [3.63, 3.8) is 0 Å². The minimum absolute atomic E-state index is 0.0152. The first-order chi connectivity index (χ1) is 14.6. The maximum Gasteiger partial charge on any atom is 0.222 e. The van der Waals surface area contributed by atoms with E-state index in [1.165, 1.54) is 6.92 Å². The third-order valence-electron chi connectivity index (χ3n) is 4.62. The predicted octanol–water partition coefficient (Wildman–Crippen LogP) is 4.20. The van der Waals surface area contributed by atoms with Crippen LogP contribution in [0.2, 0.25) is 5.02 Å². The number of benzene rings is 2. The number of amides is 1. The van der Waals surface area contributed by atoms with E-state index in [1.54, 1.807) is 18.2 Å². The van der Waals surface area contributed by atoms with Crippen LogP contribution in [-0.4, -0.2) is 37.2 Å². The van der Waals surface area contributed by atoms with Crippen molar-refractivity contribution in [3.8, 4) is 0 Å². The topological polar surface area (TPSA) is 47.6 Å². The van der Waals surface area contributed by atoms with E-state index in [2.05, 4.69) is 10.6 Å². The molecule has 12 heteroatoms. The average molecular weight is 479 g/mol. The summed E-state index contributed by atoms with van der Waals surface area (Å²) in [4.78, 5) is 13.9. The minimum Gasteiger partial charge on any atom is -0.367 e. The maximum atomic E-state index is 14.1. The highest BCUT2D eigenvalue weighted by Crippen LogP contribution is 2.33. The van der Waals surface area contributed by atoms with Crippen LogP contribution in [0.1, 0.15) is 6.92 Å². The zero-order valence-corrected chi connectivity index (χ0v) is 17.6. The van der Waals surface area contributed by atoms with Crippen molar-refractivity contribution in [1.82, 2.24) is 5.32 Å². The van der Waals surface area contributed by atoms with Gasteiger partial charge in [0.2, 0.25) is 11.7 Å². The Balaban J connectivity index is 1.72. The van der Waals surface area contributed by atoms with Crippen LogP contribution in [0.4, 0.5) is 39.0 Å². The molecule has 0 radical (unpaired) electrons. The molecule has 2 N–H and O–H groups in total. The highest BCUT2D eigenvalue weighted by molar-refractivity contribution is 7.80. The largest absolute Gasteiger partial charge is 0.367 e. The van der Waals surface area contributed by atoms with Crippen molar-refractivity contribution in [1.29, 1.82) is 0 Å². The zero-order chi connectivity index (χ0) is 22.9. The molecule has 166 valence electrons. The summed E-state index contributed by atoms with van der Waals surface area (Å²) >= 11 is 11.3. The number of halogens is 6. The average Bonchev–Trinajstić information content (AvgIpc) is 2.71. The van der Waals surface area contributed by atoms with Crippen molar-refractivity contribution in [2.24, 2.45) is 0 Å². The van der Waals surface area contributed by atoms with E-state index in [0.29, 0.717) is 16.4 Å². The maximum absolute atomic E-state index is 14.1. The lowest BCUT2D eigenvalue weighted by atomic mass is 10.2. The van der Waals surface area contributed by atoms with Crippen molar-refractivity contribution < 1.29 is 26.7 Å². The van der Waals surface area contributed by atoms with Gasteiger partial charge in [-0.15, -0.1) is 0 Å². The Morgan fingerprint density at radius 2 is 1.45 bits per heavy atom. The molecule has 1 saturated heterocycles. The third kappa shape index (κ3) is 4.82. The molecule has 1 fully saturated rings. The van der Waals surface area contributed by atoms with E-state index < -0.39 is 34.8 Å². The van der Waals surface area contributed by atoms with Gasteiger partial charge in [-0.2, -0.15) is 0 Å². The van der Waals surface area contributed by atoms with Crippen LogP contribution in [-0.2, 0) is 4.79 Å². The molecule has 2 aromatic rings. The Hall–Kier alpha value is -2.66. The molecular formula is C19H16ClF5N4OS. The molecule has 0 unspecified atom stereocenters. The second kappa shape index (κ2) is 9.23. The van der Waals surface area contributed by atoms with Gasteiger partial charge in [-0.05, 0) is 30.4 Å². The van der Waals surface area contributed by atoms with Crippen LogP contribution in [0.3, 0.4) is 0 Å². The fourth-order valence-corrected chi connectivity index (χ4v) is 3.77. The van der Waals surface area contributed by atoms with Crippen LogP contribution >= 0.6 is 23.8 Å². The number of anilines is 3. The first-order valence-electron chi connectivity index (χ1n) is 8.99. The highest BCUT2D eigenvalue weighted by Gasteiger charge is 2.31. The number of carbonyl (C=O) groups excluding carboxylic acids is 1. The molecule has 0 aromatic heterocycles. The van der Waals surface area contributed by atoms with Gasteiger partial charge in [0.15, 0.2) is 28.4 Å². The Bertz CT molecular complexity index is 1020. The van der Waals surface area contributed by atoms with Gasteiger partial charge in [-0.25, -0.2) is 22.0 Å². The fourth-order valence-electron chi connectivity index (χ4n) is 3.21. The number of hydrogen-bond donors (Lipinski definition) is 2. The molecule has 0 aliphatic carbocycles. The Morgan fingerprint density at radius 1 is 0.935 bits per heavy atom. The highest BCUT2D eigenvalue weighted by atomic mass is 35.5. The number of piperazine rings is 1. The van der Waals surface area contributed by atoms with Gasteiger partial charge in [-0.1, -0.05) is 11.6 Å². The number of nitrogens with zero attached hydrogens (tertiary/aromatic N) is 2. The smallest absolute Gasteiger partial charge is 0.222 e. The number of hydrogen-bond acceptors (Lipinski definition) is 4. The van der Waals surface area contributed by atoms with Crippen molar-refractivity contribution in [2.45, 2.75) is 6.92 Å². The zero-order valence-electron chi connectivity index (χ0n) is 16.0. The van der Waals surface area contributed by atoms with Gasteiger partial charge in [-0.3, -0.25) is 4.79 Å². The number of thiocarbonyl (C=S) groups is 1. The van der Waals surface area contributed by atoms with Crippen molar-refractivity contribution in [3.05, 3.63) is 52.3 Å². The third-order valence-corrected chi connectivity index (χ3v) is 5.13. The van der Waals surface area contributed by atoms with E-state index in [-0.39, 0.29) is 37.2 Å². The first-order valence-corrected chi connectivity index (χ1v) is 9.78. The van der Waals surface area contributed by atoms with Crippen LogP contribution < -0.4 is 20.4 Å². The van der Waals surface area contributed by atoms with Crippen LogP contribution in [0.5, 0.6) is 0 Å².